The third-order valence-corrected chi connectivity index (χ3v) is 4.49. The van der Waals surface area contributed by atoms with Crippen LogP contribution in [0, 0.1) is 0 Å². The fraction of sp³-hybridized carbons (Fsp3) is 0.238. The Labute approximate surface area is 157 Å². The van der Waals surface area contributed by atoms with Crippen LogP contribution in [0.25, 0.3) is 22.2 Å². The van der Waals surface area contributed by atoms with E-state index < -0.39 is 5.97 Å². The lowest BCUT2D eigenvalue weighted by atomic mass is 10.0. The number of benzene rings is 2. The molecule has 0 unspecified atom stereocenters. The maximum Gasteiger partial charge on any atom is 0.336 e. The van der Waals surface area contributed by atoms with Gasteiger partial charge in [0.05, 0.1) is 43.5 Å². The maximum atomic E-state index is 12.0. The van der Waals surface area contributed by atoms with Crippen molar-refractivity contribution < 1.29 is 24.1 Å². The second-order valence-electron chi connectivity index (χ2n) is 5.95. The molecule has 1 aromatic heterocycles. The van der Waals surface area contributed by atoms with Crippen molar-refractivity contribution >= 4 is 16.9 Å². The van der Waals surface area contributed by atoms with Gasteiger partial charge in [-0.3, -0.25) is 0 Å². The molecule has 0 saturated heterocycles. The molecule has 0 fully saturated rings. The summed E-state index contributed by atoms with van der Waals surface area (Å²) in [6.07, 6.45) is 0.931. The van der Waals surface area contributed by atoms with Gasteiger partial charge in [0.2, 0.25) is 5.75 Å². The van der Waals surface area contributed by atoms with Gasteiger partial charge in [-0.2, -0.15) is 0 Å². The Hall–Kier alpha value is -3.28. The summed E-state index contributed by atoms with van der Waals surface area (Å²) in [5.41, 5.74) is 3.15. The molecule has 3 aromatic rings. The molecule has 0 aliphatic heterocycles. The number of hydrogen-bond donors (Lipinski definition) is 1. The topological polar surface area (TPSA) is 77.9 Å². The summed E-state index contributed by atoms with van der Waals surface area (Å²) < 4.78 is 16.2. The first-order chi connectivity index (χ1) is 13.0. The molecular weight excluding hydrogens is 346 g/mol. The van der Waals surface area contributed by atoms with Crippen molar-refractivity contribution in [3.05, 3.63) is 47.5 Å². The Morgan fingerprint density at radius 1 is 1.00 bits per heavy atom. The number of aromatic carboxylic acids is 1. The van der Waals surface area contributed by atoms with Gasteiger partial charge in [-0.25, -0.2) is 9.78 Å². The number of hydrogen-bond acceptors (Lipinski definition) is 5. The van der Waals surface area contributed by atoms with Gasteiger partial charge in [-0.05, 0) is 18.1 Å². The number of nitrogens with zero attached hydrogens (tertiary/aromatic N) is 1. The molecule has 0 aliphatic carbocycles. The maximum absolute atomic E-state index is 12.0. The second kappa shape index (κ2) is 7.53. The molecule has 0 amide bonds. The van der Waals surface area contributed by atoms with E-state index in [1.54, 1.807) is 12.1 Å². The highest BCUT2D eigenvalue weighted by Gasteiger charge is 2.23. The summed E-state index contributed by atoms with van der Waals surface area (Å²) in [6, 6.07) is 11.1. The molecule has 1 heterocycles. The van der Waals surface area contributed by atoms with E-state index in [-0.39, 0.29) is 11.3 Å². The molecular formula is C21H21NO5. The molecule has 1 N–H and O–H groups in total. The quantitative estimate of drug-likeness (QED) is 0.704. The molecule has 0 radical (unpaired) electrons. The zero-order valence-corrected chi connectivity index (χ0v) is 15.7. The first kappa shape index (κ1) is 18.5. The molecule has 27 heavy (non-hydrogen) atoms. The lowest BCUT2D eigenvalue weighted by Gasteiger charge is -2.16. The van der Waals surface area contributed by atoms with Crippen LogP contribution in [0.5, 0.6) is 17.2 Å². The Morgan fingerprint density at radius 3 is 2.19 bits per heavy atom. The molecule has 0 spiro atoms. The zero-order valence-electron chi connectivity index (χ0n) is 15.7. The molecule has 140 valence electrons. The van der Waals surface area contributed by atoms with E-state index in [9.17, 15) is 9.90 Å². The van der Waals surface area contributed by atoms with Crippen LogP contribution in [0.4, 0.5) is 0 Å². The number of methoxy groups -OCH3 is 3. The third kappa shape index (κ3) is 3.26. The largest absolute Gasteiger partial charge is 0.493 e. The minimum absolute atomic E-state index is 0.0902. The van der Waals surface area contributed by atoms with Crippen LogP contribution >= 0.6 is 0 Å². The van der Waals surface area contributed by atoms with E-state index in [2.05, 4.69) is 11.9 Å². The van der Waals surface area contributed by atoms with E-state index >= 15 is 0 Å². The average Bonchev–Trinajstić information content (AvgIpc) is 2.71. The first-order valence-electron chi connectivity index (χ1n) is 8.50. The summed E-state index contributed by atoms with van der Waals surface area (Å²) in [6.45, 7) is 2.08. The van der Waals surface area contributed by atoms with Gasteiger partial charge in [-0.1, -0.05) is 31.2 Å². The van der Waals surface area contributed by atoms with Crippen LogP contribution < -0.4 is 14.2 Å². The minimum Gasteiger partial charge on any atom is -0.493 e. The van der Waals surface area contributed by atoms with Gasteiger partial charge >= 0.3 is 5.97 Å². The number of carboxylic acid groups (broad SMARTS) is 1. The number of carboxylic acids is 1. The summed E-state index contributed by atoms with van der Waals surface area (Å²) in [5, 5.41) is 10.2. The van der Waals surface area contributed by atoms with Gasteiger partial charge in [0.1, 0.15) is 0 Å². The lowest BCUT2D eigenvalue weighted by molar-refractivity contribution is 0.0698. The summed E-state index contributed by atoms with van der Waals surface area (Å²) >= 11 is 0. The van der Waals surface area contributed by atoms with Crippen molar-refractivity contribution in [2.45, 2.75) is 13.3 Å². The van der Waals surface area contributed by atoms with Gasteiger partial charge in [-0.15, -0.1) is 0 Å². The Kier molecular flexibility index (Phi) is 5.16. The van der Waals surface area contributed by atoms with E-state index in [1.807, 2.05) is 24.3 Å². The van der Waals surface area contributed by atoms with Gasteiger partial charge in [0.15, 0.2) is 11.5 Å². The number of rotatable bonds is 6. The molecule has 0 aliphatic rings. The van der Waals surface area contributed by atoms with E-state index in [1.165, 1.54) is 26.9 Å². The summed E-state index contributed by atoms with van der Waals surface area (Å²) in [5.74, 6) is -0.0370. The standard InChI is InChI=1S/C21H21NO5/c1-5-12-6-8-13(9-7-12)15-10-14(21(23)24)18-16(22-15)11-17(25-2)19(26-3)20(18)27-4/h6-11H,5H2,1-4H3,(H,23,24). The number of aromatic nitrogens is 1. The number of fused-ring (bicyclic) bond motifs is 1. The number of carbonyl (C=O) groups is 1. The van der Waals surface area contributed by atoms with Crippen molar-refractivity contribution in [2.24, 2.45) is 0 Å². The monoisotopic (exact) mass is 367 g/mol. The van der Waals surface area contributed by atoms with Crippen molar-refractivity contribution in [2.75, 3.05) is 21.3 Å². The minimum atomic E-state index is -1.07. The predicted octanol–water partition coefficient (Wildman–Crippen LogP) is 4.19. The number of pyridine rings is 1. The van der Waals surface area contributed by atoms with Crippen LogP contribution in [0.15, 0.2) is 36.4 Å². The Balaban J connectivity index is 2.34. The van der Waals surface area contributed by atoms with Crippen LogP contribution in [-0.2, 0) is 6.42 Å². The summed E-state index contributed by atoms with van der Waals surface area (Å²) in [7, 11) is 4.44. The van der Waals surface area contributed by atoms with Gasteiger partial charge in [0.25, 0.3) is 0 Å². The summed E-state index contributed by atoms with van der Waals surface area (Å²) in [4.78, 5) is 16.6. The second-order valence-corrected chi connectivity index (χ2v) is 5.95. The molecule has 6 heteroatoms. The molecule has 6 nitrogen and oxygen atoms in total. The Morgan fingerprint density at radius 2 is 1.67 bits per heavy atom. The van der Waals surface area contributed by atoms with Gasteiger partial charge in [0, 0.05) is 11.6 Å². The van der Waals surface area contributed by atoms with Crippen LogP contribution in [-0.4, -0.2) is 37.4 Å². The molecule has 0 bridgehead atoms. The van der Waals surface area contributed by atoms with E-state index in [0.717, 1.165) is 12.0 Å². The highest BCUT2D eigenvalue weighted by atomic mass is 16.5. The fourth-order valence-electron chi connectivity index (χ4n) is 3.09. The van der Waals surface area contributed by atoms with Crippen molar-refractivity contribution in [1.82, 2.24) is 4.98 Å². The third-order valence-electron chi connectivity index (χ3n) is 4.49. The van der Waals surface area contributed by atoms with Crippen molar-refractivity contribution in [1.29, 1.82) is 0 Å². The zero-order chi connectivity index (χ0) is 19.6. The van der Waals surface area contributed by atoms with E-state index in [0.29, 0.717) is 28.1 Å². The smallest absolute Gasteiger partial charge is 0.336 e. The highest BCUT2D eigenvalue weighted by molar-refractivity contribution is 6.08. The highest BCUT2D eigenvalue weighted by Crippen LogP contribution is 2.44. The molecule has 2 aromatic carbocycles. The SMILES string of the molecule is CCc1ccc(-c2cc(C(=O)O)c3c(OC)c(OC)c(OC)cc3n2)cc1. The predicted molar refractivity (Wildman–Crippen MR) is 103 cm³/mol. The van der Waals surface area contributed by atoms with Crippen LogP contribution in [0.2, 0.25) is 0 Å². The van der Waals surface area contributed by atoms with Crippen LogP contribution in [0.1, 0.15) is 22.8 Å². The fourth-order valence-corrected chi connectivity index (χ4v) is 3.09. The normalized spacial score (nSPS) is 10.7. The number of ether oxygens (including phenoxy) is 3. The molecule has 0 saturated carbocycles. The van der Waals surface area contributed by atoms with Crippen molar-refractivity contribution in [3.8, 4) is 28.5 Å². The molecule has 3 rings (SSSR count). The Bertz CT molecular complexity index is 996. The lowest BCUT2D eigenvalue weighted by Crippen LogP contribution is -2.04. The van der Waals surface area contributed by atoms with Crippen LogP contribution in [0.3, 0.4) is 0 Å². The van der Waals surface area contributed by atoms with E-state index in [4.69, 9.17) is 14.2 Å². The first-order valence-corrected chi connectivity index (χ1v) is 8.50. The average molecular weight is 367 g/mol. The van der Waals surface area contributed by atoms with Crippen molar-refractivity contribution in [3.63, 3.8) is 0 Å². The molecule has 0 atom stereocenters. The van der Waals surface area contributed by atoms with Gasteiger partial charge < -0.3 is 19.3 Å². The number of aryl methyl sites for hydroxylation is 1.